The summed E-state index contributed by atoms with van der Waals surface area (Å²) in [6.45, 7) is 1.73. The molecule has 0 bridgehead atoms. The Morgan fingerprint density at radius 2 is 1.84 bits per heavy atom. The normalized spacial score (nSPS) is 15.2. The summed E-state index contributed by atoms with van der Waals surface area (Å²) in [6, 6.07) is 14.6. The average molecular weight is 512 g/mol. The maximum Gasteiger partial charge on any atom is 0.270 e. The molecule has 1 aliphatic heterocycles. The van der Waals surface area contributed by atoms with Crippen molar-refractivity contribution in [2.24, 2.45) is 0 Å². The number of amides is 2. The zero-order valence-electron chi connectivity index (χ0n) is 16.5. The van der Waals surface area contributed by atoms with Gasteiger partial charge in [-0.05, 0) is 73.2 Å². The Morgan fingerprint density at radius 1 is 1.12 bits per heavy atom. The summed E-state index contributed by atoms with van der Waals surface area (Å²) in [6.07, 6.45) is 1.34. The van der Waals surface area contributed by atoms with Gasteiger partial charge in [-0.15, -0.1) is 0 Å². The molecule has 0 radical (unpaired) electrons. The van der Waals surface area contributed by atoms with Gasteiger partial charge in [0.25, 0.3) is 17.5 Å². The summed E-state index contributed by atoms with van der Waals surface area (Å²) in [5.41, 5.74) is 1.68. The number of nitro groups is 1. The molecule has 2 aromatic carbocycles. The number of carbonyl (C=O) groups excluding carboxylic acids is 2. The van der Waals surface area contributed by atoms with Crippen molar-refractivity contribution < 1.29 is 18.9 Å². The number of hydrogen-bond acceptors (Lipinski definition) is 6. The van der Waals surface area contributed by atoms with Crippen LogP contribution in [0.3, 0.4) is 0 Å². The lowest BCUT2D eigenvalue weighted by molar-refractivity contribution is -0.384. The molecule has 32 heavy (non-hydrogen) atoms. The molecule has 0 aliphatic carbocycles. The third-order valence-corrected chi connectivity index (χ3v) is 5.60. The summed E-state index contributed by atoms with van der Waals surface area (Å²) >= 11 is 8.53. The highest BCUT2D eigenvalue weighted by atomic mass is 79.9. The van der Waals surface area contributed by atoms with E-state index < -0.39 is 16.7 Å². The van der Waals surface area contributed by atoms with Crippen LogP contribution in [-0.4, -0.2) is 21.9 Å². The number of hydrogen-bond donors (Lipinski definition) is 1. The van der Waals surface area contributed by atoms with Crippen molar-refractivity contribution >= 4 is 62.5 Å². The molecule has 4 rings (SSSR count). The minimum atomic E-state index is -0.627. The van der Waals surface area contributed by atoms with Crippen LogP contribution in [0.25, 0.3) is 17.4 Å². The molecule has 1 saturated heterocycles. The molecule has 2 amide bonds. The molecule has 3 aromatic rings. The van der Waals surface area contributed by atoms with Crippen LogP contribution in [0.15, 0.2) is 69.1 Å². The fourth-order valence-corrected chi connectivity index (χ4v) is 3.78. The van der Waals surface area contributed by atoms with E-state index in [0.717, 1.165) is 4.47 Å². The molecule has 8 nitrogen and oxygen atoms in total. The number of nitrogens with zero attached hydrogens (tertiary/aromatic N) is 2. The highest BCUT2D eigenvalue weighted by Crippen LogP contribution is 2.30. The van der Waals surface area contributed by atoms with Crippen LogP contribution < -0.4 is 10.2 Å². The minimum Gasteiger partial charge on any atom is -0.457 e. The van der Waals surface area contributed by atoms with Crippen LogP contribution in [0.2, 0.25) is 0 Å². The second-order valence-corrected chi connectivity index (χ2v) is 8.19. The Hall–Kier alpha value is -3.63. The van der Waals surface area contributed by atoms with Crippen molar-refractivity contribution in [1.82, 2.24) is 5.32 Å². The third kappa shape index (κ3) is 4.10. The highest BCUT2D eigenvalue weighted by molar-refractivity contribution is 9.10. The number of halogens is 1. The topological polar surface area (TPSA) is 106 Å². The lowest BCUT2D eigenvalue weighted by atomic mass is 10.1. The van der Waals surface area contributed by atoms with Gasteiger partial charge in [-0.25, -0.2) is 0 Å². The van der Waals surface area contributed by atoms with E-state index in [4.69, 9.17) is 16.6 Å². The largest absolute Gasteiger partial charge is 0.457 e. The van der Waals surface area contributed by atoms with Crippen molar-refractivity contribution in [3.05, 3.63) is 86.1 Å². The predicted octanol–water partition coefficient (Wildman–Crippen LogP) is 4.76. The second-order valence-electron chi connectivity index (χ2n) is 6.89. The summed E-state index contributed by atoms with van der Waals surface area (Å²) in [5, 5.41) is 13.5. The Kier molecular flexibility index (Phi) is 5.72. The van der Waals surface area contributed by atoms with Crippen LogP contribution in [0, 0.1) is 17.0 Å². The first-order valence-corrected chi connectivity index (χ1v) is 10.5. The van der Waals surface area contributed by atoms with Crippen LogP contribution in [0.4, 0.5) is 11.4 Å². The fourth-order valence-electron chi connectivity index (χ4n) is 3.24. The number of nitrogens with one attached hydrogen (secondary N) is 1. The summed E-state index contributed by atoms with van der Waals surface area (Å²) in [7, 11) is 0. The summed E-state index contributed by atoms with van der Waals surface area (Å²) in [5.74, 6) is -0.476. The van der Waals surface area contributed by atoms with Crippen molar-refractivity contribution in [3.8, 4) is 11.3 Å². The van der Waals surface area contributed by atoms with Crippen molar-refractivity contribution in [1.29, 1.82) is 0 Å². The molecule has 0 saturated carbocycles. The zero-order valence-corrected chi connectivity index (χ0v) is 18.9. The molecule has 0 unspecified atom stereocenters. The maximum atomic E-state index is 13.1. The molecule has 1 fully saturated rings. The van der Waals surface area contributed by atoms with Crippen molar-refractivity contribution in [3.63, 3.8) is 0 Å². The van der Waals surface area contributed by atoms with Crippen LogP contribution in [0.1, 0.15) is 11.3 Å². The second kappa shape index (κ2) is 8.48. The van der Waals surface area contributed by atoms with Crippen molar-refractivity contribution in [2.45, 2.75) is 6.92 Å². The van der Waals surface area contributed by atoms with Crippen LogP contribution >= 0.6 is 28.1 Å². The maximum absolute atomic E-state index is 13.1. The lowest BCUT2D eigenvalue weighted by Crippen LogP contribution is -2.54. The van der Waals surface area contributed by atoms with Gasteiger partial charge in [0.1, 0.15) is 17.1 Å². The van der Waals surface area contributed by atoms with Gasteiger partial charge in [0, 0.05) is 22.2 Å². The molecule has 10 heteroatoms. The SMILES string of the molecule is Cc1cc([N+](=O)[O-])ccc1-c1ccc(/C=C2\C(=O)NC(=S)N(c3ccc(Br)cc3)C2=O)o1. The fraction of sp³-hybridized carbons (Fsp3) is 0.0455. The first-order chi connectivity index (χ1) is 15.2. The Morgan fingerprint density at radius 3 is 2.50 bits per heavy atom. The third-order valence-electron chi connectivity index (χ3n) is 4.79. The molecule has 1 aromatic heterocycles. The number of anilines is 1. The number of nitro benzene ring substituents is 1. The van der Waals surface area contributed by atoms with E-state index in [9.17, 15) is 19.7 Å². The first-order valence-electron chi connectivity index (χ1n) is 9.27. The van der Waals surface area contributed by atoms with E-state index in [1.807, 2.05) is 0 Å². The average Bonchev–Trinajstić information content (AvgIpc) is 3.20. The van der Waals surface area contributed by atoms with E-state index in [1.54, 1.807) is 49.4 Å². The van der Waals surface area contributed by atoms with E-state index in [0.29, 0.717) is 22.6 Å². The van der Waals surface area contributed by atoms with Gasteiger partial charge in [-0.2, -0.15) is 0 Å². The number of thiocarbonyl (C=S) groups is 1. The zero-order chi connectivity index (χ0) is 23.0. The molecular formula is C22H14BrN3O5S. The van der Waals surface area contributed by atoms with Gasteiger partial charge < -0.3 is 4.42 Å². The van der Waals surface area contributed by atoms with E-state index in [2.05, 4.69) is 21.2 Å². The summed E-state index contributed by atoms with van der Waals surface area (Å²) in [4.78, 5) is 37.2. The molecule has 1 N–H and O–H groups in total. The van der Waals surface area contributed by atoms with Gasteiger partial charge in [0.15, 0.2) is 5.11 Å². The number of furan rings is 1. The molecular weight excluding hydrogens is 498 g/mol. The van der Waals surface area contributed by atoms with Crippen LogP contribution in [0.5, 0.6) is 0 Å². The Balaban J connectivity index is 1.66. The predicted molar refractivity (Wildman–Crippen MR) is 126 cm³/mol. The van der Waals surface area contributed by atoms with Crippen molar-refractivity contribution in [2.75, 3.05) is 4.90 Å². The first kappa shape index (κ1) is 21.6. The monoisotopic (exact) mass is 511 g/mol. The van der Waals surface area contributed by atoms with E-state index in [-0.39, 0.29) is 22.1 Å². The number of aryl methyl sites for hydroxylation is 1. The number of rotatable bonds is 4. The quantitative estimate of drug-likeness (QED) is 0.178. The molecule has 0 spiro atoms. The number of carbonyl (C=O) groups is 2. The minimum absolute atomic E-state index is 0.0129. The van der Waals surface area contributed by atoms with Gasteiger partial charge in [-0.1, -0.05) is 15.9 Å². The van der Waals surface area contributed by atoms with Gasteiger partial charge in [-0.3, -0.25) is 29.9 Å². The van der Waals surface area contributed by atoms with E-state index in [1.165, 1.54) is 23.1 Å². The molecule has 2 heterocycles. The van der Waals surface area contributed by atoms with Gasteiger partial charge in [0.2, 0.25) is 0 Å². The number of benzene rings is 2. The van der Waals surface area contributed by atoms with Gasteiger partial charge in [0.05, 0.1) is 10.6 Å². The van der Waals surface area contributed by atoms with E-state index >= 15 is 0 Å². The Bertz CT molecular complexity index is 1310. The van der Waals surface area contributed by atoms with Gasteiger partial charge >= 0.3 is 0 Å². The molecule has 0 atom stereocenters. The van der Waals surface area contributed by atoms with Crippen LogP contribution in [-0.2, 0) is 9.59 Å². The molecule has 1 aliphatic rings. The smallest absolute Gasteiger partial charge is 0.270 e. The highest BCUT2D eigenvalue weighted by Gasteiger charge is 2.34. The standard InChI is InChI=1S/C22H14BrN3O5S/c1-12-10-15(26(29)30)6-8-17(12)19-9-7-16(31-19)11-18-20(27)24-22(32)25(21(18)28)14-4-2-13(23)3-5-14/h2-11H,1H3,(H,24,27,32)/b18-11+. The molecule has 160 valence electrons. The number of non-ortho nitro benzene ring substituents is 1. The Labute approximate surface area is 195 Å². The summed E-state index contributed by atoms with van der Waals surface area (Å²) < 4.78 is 6.63. The lowest BCUT2D eigenvalue weighted by Gasteiger charge is -2.28.